The molecule has 24 heavy (non-hydrogen) atoms. The molecule has 0 amide bonds. The molecule has 0 aromatic heterocycles. The van der Waals surface area contributed by atoms with Crippen LogP contribution in [-0.2, 0) is 26.5 Å². The van der Waals surface area contributed by atoms with Crippen LogP contribution in [0, 0.1) is 0 Å². The van der Waals surface area contributed by atoms with E-state index >= 15 is 0 Å². The van der Waals surface area contributed by atoms with Crippen molar-refractivity contribution < 1.29 is 16.8 Å². The van der Waals surface area contributed by atoms with Crippen molar-refractivity contribution in [3.8, 4) is 0 Å². The smallest absolute Gasteiger partial charge is 0.214 e. The Morgan fingerprint density at radius 2 is 1.50 bits per heavy atom. The van der Waals surface area contributed by atoms with Crippen molar-refractivity contribution in [3.63, 3.8) is 0 Å². The molecule has 0 atom stereocenters. The lowest BCUT2D eigenvalue weighted by Crippen LogP contribution is -2.38. The summed E-state index contributed by atoms with van der Waals surface area (Å²) in [7, 11) is -6.86. The van der Waals surface area contributed by atoms with E-state index in [-0.39, 0.29) is 18.1 Å². The first-order valence-electron chi connectivity index (χ1n) is 8.38. The molecule has 1 fully saturated rings. The average Bonchev–Trinajstić information content (AvgIpc) is 2.83. The first kappa shape index (κ1) is 19.4. The third-order valence-electron chi connectivity index (χ3n) is 4.14. The lowest BCUT2D eigenvalue weighted by atomic mass is 10.2. The van der Waals surface area contributed by atoms with Crippen LogP contribution >= 0.6 is 0 Å². The summed E-state index contributed by atoms with van der Waals surface area (Å²) in [5.41, 5.74) is 0.945. The molecule has 0 bridgehead atoms. The SMILES string of the molecule is O=S(=O)(CCc1ccccc1)NCCS(=O)(=O)N1CCCCCC1. The van der Waals surface area contributed by atoms with E-state index in [9.17, 15) is 16.8 Å². The molecule has 1 heterocycles. The Labute approximate surface area is 145 Å². The van der Waals surface area contributed by atoms with Gasteiger partial charge in [0.15, 0.2) is 0 Å². The van der Waals surface area contributed by atoms with Crippen LogP contribution in [0.4, 0.5) is 0 Å². The topological polar surface area (TPSA) is 83.5 Å². The number of nitrogens with zero attached hydrogens (tertiary/aromatic N) is 1. The highest BCUT2D eigenvalue weighted by Gasteiger charge is 2.23. The van der Waals surface area contributed by atoms with Gasteiger partial charge in [-0.15, -0.1) is 0 Å². The van der Waals surface area contributed by atoms with Gasteiger partial charge in [0.25, 0.3) is 0 Å². The van der Waals surface area contributed by atoms with E-state index in [2.05, 4.69) is 4.72 Å². The van der Waals surface area contributed by atoms with Crippen LogP contribution in [0.3, 0.4) is 0 Å². The molecule has 8 heteroatoms. The second-order valence-corrected chi connectivity index (χ2v) is 10.1. The molecule has 1 saturated heterocycles. The number of hydrogen-bond donors (Lipinski definition) is 1. The van der Waals surface area contributed by atoms with Gasteiger partial charge in [-0.3, -0.25) is 0 Å². The molecule has 0 saturated carbocycles. The molecule has 0 spiro atoms. The van der Waals surface area contributed by atoms with E-state index < -0.39 is 20.0 Å². The first-order chi connectivity index (χ1) is 11.4. The number of benzene rings is 1. The van der Waals surface area contributed by atoms with Crippen LogP contribution in [0.5, 0.6) is 0 Å². The quantitative estimate of drug-likeness (QED) is 0.745. The summed E-state index contributed by atoms with van der Waals surface area (Å²) in [5, 5.41) is 0. The van der Waals surface area contributed by atoms with Crippen LogP contribution in [0.25, 0.3) is 0 Å². The summed E-state index contributed by atoms with van der Waals surface area (Å²) in [6.07, 6.45) is 4.27. The van der Waals surface area contributed by atoms with Gasteiger partial charge in [0.1, 0.15) is 0 Å². The second kappa shape index (κ2) is 8.94. The fraction of sp³-hybridized carbons (Fsp3) is 0.625. The Morgan fingerprint density at radius 1 is 0.875 bits per heavy atom. The number of aryl methyl sites for hydroxylation is 1. The summed E-state index contributed by atoms with van der Waals surface area (Å²) in [4.78, 5) is 0. The van der Waals surface area contributed by atoms with Crippen LogP contribution < -0.4 is 4.72 Å². The van der Waals surface area contributed by atoms with Gasteiger partial charge in [-0.1, -0.05) is 43.2 Å². The van der Waals surface area contributed by atoms with Crippen LogP contribution in [0.1, 0.15) is 31.2 Å². The van der Waals surface area contributed by atoms with Gasteiger partial charge in [0.05, 0.1) is 11.5 Å². The predicted molar refractivity (Wildman–Crippen MR) is 95.8 cm³/mol. The highest BCUT2D eigenvalue weighted by atomic mass is 32.2. The van der Waals surface area contributed by atoms with E-state index in [0.29, 0.717) is 19.5 Å². The van der Waals surface area contributed by atoms with Gasteiger partial charge in [0, 0.05) is 19.6 Å². The normalized spacial score (nSPS) is 17.5. The average molecular weight is 375 g/mol. The van der Waals surface area contributed by atoms with E-state index in [1.54, 1.807) is 0 Å². The van der Waals surface area contributed by atoms with Crippen molar-refractivity contribution in [2.45, 2.75) is 32.1 Å². The number of hydrogen-bond acceptors (Lipinski definition) is 4. The van der Waals surface area contributed by atoms with Crippen molar-refractivity contribution in [2.24, 2.45) is 0 Å². The van der Waals surface area contributed by atoms with Crippen molar-refractivity contribution in [3.05, 3.63) is 35.9 Å². The van der Waals surface area contributed by atoms with Crippen molar-refractivity contribution >= 4 is 20.0 Å². The van der Waals surface area contributed by atoms with Crippen molar-refractivity contribution in [1.29, 1.82) is 0 Å². The second-order valence-electron chi connectivity index (χ2n) is 6.08. The lowest BCUT2D eigenvalue weighted by Gasteiger charge is -2.19. The molecule has 2 rings (SSSR count). The van der Waals surface area contributed by atoms with Crippen LogP contribution in [0.15, 0.2) is 30.3 Å². The molecular weight excluding hydrogens is 348 g/mol. The van der Waals surface area contributed by atoms with Gasteiger partial charge >= 0.3 is 0 Å². The highest BCUT2D eigenvalue weighted by Crippen LogP contribution is 2.13. The Balaban J connectivity index is 1.79. The standard InChI is InChI=1S/C16H26N2O4S2/c19-23(20,14-10-16-8-4-3-5-9-16)17-11-15-24(21,22)18-12-6-1-2-7-13-18/h3-5,8-9,17H,1-2,6-7,10-15H2. The maximum Gasteiger partial charge on any atom is 0.215 e. The molecule has 1 aliphatic heterocycles. The lowest BCUT2D eigenvalue weighted by molar-refractivity contribution is 0.423. The van der Waals surface area contributed by atoms with E-state index in [1.165, 1.54) is 4.31 Å². The summed E-state index contributed by atoms with van der Waals surface area (Å²) in [5.74, 6) is -0.224. The third kappa shape index (κ3) is 6.51. The molecule has 1 aromatic carbocycles. The molecule has 1 aromatic rings. The van der Waals surface area contributed by atoms with Gasteiger partial charge in [-0.2, -0.15) is 0 Å². The van der Waals surface area contributed by atoms with Gasteiger partial charge in [0.2, 0.25) is 20.0 Å². The molecule has 0 aliphatic carbocycles. The van der Waals surface area contributed by atoms with E-state index in [0.717, 1.165) is 31.2 Å². The fourth-order valence-electron chi connectivity index (χ4n) is 2.74. The molecule has 0 radical (unpaired) electrons. The van der Waals surface area contributed by atoms with Crippen LogP contribution in [0.2, 0.25) is 0 Å². The summed E-state index contributed by atoms with van der Waals surface area (Å²) in [6, 6.07) is 9.36. The minimum absolute atomic E-state index is 0.0409. The van der Waals surface area contributed by atoms with Crippen molar-refractivity contribution in [2.75, 3.05) is 31.1 Å². The summed E-state index contributed by atoms with van der Waals surface area (Å²) >= 11 is 0. The molecule has 136 valence electrons. The molecule has 6 nitrogen and oxygen atoms in total. The number of rotatable bonds is 8. The summed E-state index contributed by atoms with van der Waals surface area (Å²) in [6.45, 7) is 1.02. The van der Waals surface area contributed by atoms with Gasteiger partial charge < -0.3 is 0 Å². The maximum absolute atomic E-state index is 12.3. The fourth-order valence-corrected chi connectivity index (χ4v) is 5.37. The van der Waals surface area contributed by atoms with Crippen molar-refractivity contribution in [1.82, 2.24) is 9.03 Å². The zero-order valence-corrected chi connectivity index (χ0v) is 15.5. The van der Waals surface area contributed by atoms with Gasteiger partial charge in [-0.25, -0.2) is 25.9 Å². The van der Waals surface area contributed by atoms with Gasteiger partial charge in [-0.05, 0) is 24.8 Å². The zero-order chi connectivity index (χ0) is 17.5. The zero-order valence-electron chi connectivity index (χ0n) is 13.9. The largest absolute Gasteiger partial charge is 0.215 e. The third-order valence-corrected chi connectivity index (χ3v) is 7.40. The minimum atomic E-state index is -3.47. The number of sulfonamides is 2. The molecule has 1 N–H and O–H groups in total. The Morgan fingerprint density at radius 3 is 2.12 bits per heavy atom. The molecule has 0 unspecified atom stereocenters. The first-order valence-corrected chi connectivity index (χ1v) is 11.6. The molecule has 1 aliphatic rings. The van der Waals surface area contributed by atoms with Crippen LogP contribution in [-0.4, -0.2) is 52.3 Å². The Hall–Kier alpha value is -0.960. The Bertz CT molecular complexity index is 695. The predicted octanol–water partition coefficient (Wildman–Crippen LogP) is 1.35. The number of nitrogens with one attached hydrogen (secondary N) is 1. The molecular formula is C16H26N2O4S2. The minimum Gasteiger partial charge on any atom is -0.214 e. The monoisotopic (exact) mass is 374 g/mol. The maximum atomic E-state index is 12.3. The van der Waals surface area contributed by atoms with E-state index in [1.807, 2.05) is 30.3 Å². The summed E-state index contributed by atoms with van der Waals surface area (Å²) < 4.78 is 52.5. The van der Waals surface area contributed by atoms with E-state index in [4.69, 9.17) is 0 Å². The highest BCUT2D eigenvalue weighted by molar-refractivity contribution is 7.90. The Kier molecular flexibility index (Phi) is 7.21.